The molecular formula is C15H16O2. The molecule has 0 N–H and O–H groups in total. The molecule has 17 heavy (non-hydrogen) atoms. The topological polar surface area (TPSA) is 26.3 Å². The van der Waals surface area contributed by atoms with Crippen molar-refractivity contribution in [3.05, 3.63) is 35.4 Å². The first-order chi connectivity index (χ1) is 8.29. The van der Waals surface area contributed by atoms with E-state index in [-0.39, 0.29) is 11.5 Å². The lowest BCUT2D eigenvalue weighted by Crippen LogP contribution is -2.48. The SMILES string of the molecule is O=C1CC2CCC1CC21OCc2ccccc21. The van der Waals surface area contributed by atoms with Gasteiger partial charge in [-0.25, -0.2) is 0 Å². The summed E-state index contributed by atoms with van der Waals surface area (Å²) in [6.07, 6.45) is 3.90. The third kappa shape index (κ3) is 1.17. The Morgan fingerprint density at radius 3 is 2.88 bits per heavy atom. The number of Topliss-reactive ketones (excluding diaryl/α,β-unsaturated/α-hetero) is 1. The molecule has 3 unspecified atom stereocenters. The molecule has 3 aliphatic carbocycles. The van der Waals surface area contributed by atoms with Gasteiger partial charge in [0.2, 0.25) is 0 Å². The van der Waals surface area contributed by atoms with Gasteiger partial charge in [0, 0.05) is 12.3 Å². The first-order valence-electron chi connectivity index (χ1n) is 6.55. The molecule has 1 aliphatic heterocycles. The summed E-state index contributed by atoms with van der Waals surface area (Å²) in [5.74, 6) is 1.15. The molecule has 1 aromatic rings. The van der Waals surface area contributed by atoms with Crippen molar-refractivity contribution >= 4 is 5.78 Å². The van der Waals surface area contributed by atoms with Crippen LogP contribution in [0.2, 0.25) is 0 Å². The van der Waals surface area contributed by atoms with Crippen LogP contribution in [0.3, 0.4) is 0 Å². The van der Waals surface area contributed by atoms with Crippen LogP contribution in [-0.4, -0.2) is 5.78 Å². The first-order valence-corrected chi connectivity index (χ1v) is 6.55. The molecule has 2 nitrogen and oxygen atoms in total. The van der Waals surface area contributed by atoms with E-state index in [0.29, 0.717) is 11.7 Å². The maximum atomic E-state index is 11.9. The highest BCUT2D eigenvalue weighted by atomic mass is 16.5. The van der Waals surface area contributed by atoms with Crippen LogP contribution in [0.4, 0.5) is 0 Å². The summed E-state index contributed by atoms with van der Waals surface area (Å²) in [6.45, 7) is 0.730. The summed E-state index contributed by atoms with van der Waals surface area (Å²) in [5, 5.41) is 0. The summed E-state index contributed by atoms with van der Waals surface area (Å²) in [6, 6.07) is 8.54. The lowest BCUT2D eigenvalue weighted by molar-refractivity contribution is -0.162. The molecule has 1 aromatic carbocycles. The molecule has 88 valence electrons. The highest BCUT2D eigenvalue weighted by Gasteiger charge is 2.55. The summed E-state index contributed by atoms with van der Waals surface area (Å²) in [5.41, 5.74) is 2.57. The highest BCUT2D eigenvalue weighted by molar-refractivity contribution is 5.83. The van der Waals surface area contributed by atoms with Crippen molar-refractivity contribution in [3.8, 4) is 0 Å². The molecule has 3 fully saturated rings. The van der Waals surface area contributed by atoms with E-state index in [2.05, 4.69) is 24.3 Å². The molecule has 3 saturated carbocycles. The van der Waals surface area contributed by atoms with Crippen molar-refractivity contribution in [1.29, 1.82) is 0 Å². The molecule has 0 amide bonds. The zero-order chi connectivity index (χ0) is 11.5. The maximum absolute atomic E-state index is 11.9. The number of ketones is 1. The fourth-order valence-electron chi connectivity index (χ4n) is 4.07. The van der Waals surface area contributed by atoms with Gasteiger partial charge in [-0.3, -0.25) is 4.79 Å². The van der Waals surface area contributed by atoms with E-state index < -0.39 is 0 Å². The van der Waals surface area contributed by atoms with Gasteiger partial charge in [-0.15, -0.1) is 0 Å². The second-order valence-electron chi connectivity index (χ2n) is 5.68. The van der Waals surface area contributed by atoms with Crippen LogP contribution in [0, 0.1) is 11.8 Å². The number of benzene rings is 1. The molecule has 1 spiro atoms. The Kier molecular flexibility index (Phi) is 1.85. The number of ether oxygens (including phenoxy) is 1. The van der Waals surface area contributed by atoms with Crippen LogP contribution in [0.25, 0.3) is 0 Å². The average Bonchev–Trinajstić information content (AvgIpc) is 2.72. The Labute approximate surface area is 101 Å². The minimum atomic E-state index is -0.118. The zero-order valence-electron chi connectivity index (χ0n) is 9.82. The number of hydrogen-bond acceptors (Lipinski definition) is 2. The predicted molar refractivity (Wildman–Crippen MR) is 63.4 cm³/mol. The lowest BCUT2D eigenvalue weighted by Gasteiger charge is -2.48. The van der Waals surface area contributed by atoms with E-state index in [1.165, 1.54) is 11.1 Å². The number of fused-ring (bicyclic) bond motifs is 3. The normalized spacial score (nSPS) is 38.7. The second-order valence-corrected chi connectivity index (χ2v) is 5.68. The smallest absolute Gasteiger partial charge is 0.136 e. The monoisotopic (exact) mass is 228 g/mol. The Balaban J connectivity index is 1.83. The minimum absolute atomic E-state index is 0.118. The number of carbonyl (C=O) groups excluding carboxylic acids is 1. The summed E-state index contributed by atoms with van der Waals surface area (Å²) < 4.78 is 6.18. The van der Waals surface area contributed by atoms with Crippen molar-refractivity contribution in [2.75, 3.05) is 0 Å². The van der Waals surface area contributed by atoms with Gasteiger partial charge >= 0.3 is 0 Å². The van der Waals surface area contributed by atoms with Crippen LogP contribution >= 0.6 is 0 Å². The van der Waals surface area contributed by atoms with Crippen molar-refractivity contribution in [3.63, 3.8) is 0 Å². The van der Waals surface area contributed by atoms with E-state index in [1.807, 2.05) is 0 Å². The predicted octanol–water partition coefficient (Wildman–Crippen LogP) is 2.80. The third-order valence-electron chi connectivity index (χ3n) is 4.93. The Hall–Kier alpha value is -1.15. The van der Waals surface area contributed by atoms with Crippen molar-refractivity contribution in [2.24, 2.45) is 11.8 Å². The van der Waals surface area contributed by atoms with Gasteiger partial charge in [0.1, 0.15) is 5.78 Å². The van der Waals surface area contributed by atoms with E-state index in [0.717, 1.165) is 32.3 Å². The molecular weight excluding hydrogens is 212 g/mol. The fourth-order valence-corrected chi connectivity index (χ4v) is 4.07. The average molecular weight is 228 g/mol. The highest BCUT2D eigenvalue weighted by Crippen LogP contribution is 2.56. The zero-order valence-corrected chi connectivity index (χ0v) is 9.82. The molecule has 4 aliphatic rings. The summed E-state index contributed by atoms with van der Waals surface area (Å²) in [7, 11) is 0. The number of carbonyl (C=O) groups is 1. The number of hydrogen-bond donors (Lipinski definition) is 0. The molecule has 0 radical (unpaired) electrons. The van der Waals surface area contributed by atoms with Crippen LogP contribution in [0.1, 0.15) is 36.8 Å². The molecule has 0 aromatic heterocycles. The molecule has 5 rings (SSSR count). The van der Waals surface area contributed by atoms with Gasteiger partial charge < -0.3 is 4.74 Å². The van der Waals surface area contributed by atoms with Crippen LogP contribution < -0.4 is 0 Å². The standard InChI is InChI=1S/C15H16O2/c16-14-7-12-6-5-10(14)8-15(12)13-4-2-1-3-11(13)9-17-15/h1-4,10,12H,5-9H2. The van der Waals surface area contributed by atoms with Crippen molar-refractivity contribution in [1.82, 2.24) is 0 Å². The molecule has 1 heterocycles. The van der Waals surface area contributed by atoms with Crippen molar-refractivity contribution in [2.45, 2.75) is 37.9 Å². The van der Waals surface area contributed by atoms with E-state index >= 15 is 0 Å². The first kappa shape index (κ1) is 9.84. The minimum Gasteiger partial charge on any atom is -0.365 e. The van der Waals surface area contributed by atoms with E-state index in [1.54, 1.807) is 0 Å². The molecule has 2 bridgehead atoms. The lowest BCUT2D eigenvalue weighted by atomic mass is 9.59. The van der Waals surface area contributed by atoms with Gasteiger partial charge in [-0.2, -0.15) is 0 Å². The van der Waals surface area contributed by atoms with Crippen LogP contribution in [0.15, 0.2) is 24.3 Å². The largest absolute Gasteiger partial charge is 0.365 e. The maximum Gasteiger partial charge on any atom is 0.136 e. The second kappa shape index (κ2) is 3.20. The van der Waals surface area contributed by atoms with Crippen molar-refractivity contribution < 1.29 is 9.53 Å². The van der Waals surface area contributed by atoms with Gasteiger partial charge in [0.05, 0.1) is 12.2 Å². The third-order valence-corrected chi connectivity index (χ3v) is 4.93. The van der Waals surface area contributed by atoms with Crippen LogP contribution in [-0.2, 0) is 21.7 Å². The molecule has 0 saturated heterocycles. The van der Waals surface area contributed by atoms with Gasteiger partial charge in [-0.05, 0) is 36.3 Å². The Bertz CT molecular complexity index is 493. The van der Waals surface area contributed by atoms with E-state index in [9.17, 15) is 4.79 Å². The van der Waals surface area contributed by atoms with Gasteiger partial charge in [-0.1, -0.05) is 24.3 Å². The quantitative estimate of drug-likeness (QED) is 0.682. The number of rotatable bonds is 0. The van der Waals surface area contributed by atoms with E-state index in [4.69, 9.17) is 4.74 Å². The summed E-state index contributed by atoms with van der Waals surface area (Å²) >= 11 is 0. The van der Waals surface area contributed by atoms with Gasteiger partial charge in [0.25, 0.3) is 0 Å². The summed E-state index contributed by atoms with van der Waals surface area (Å²) in [4.78, 5) is 11.9. The Morgan fingerprint density at radius 1 is 1.24 bits per heavy atom. The van der Waals surface area contributed by atoms with Crippen LogP contribution in [0.5, 0.6) is 0 Å². The Morgan fingerprint density at radius 2 is 2.12 bits per heavy atom. The molecule has 3 atom stereocenters. The molecule has 2 heteroatoms. The van der Waals surface area contributed by atoms with Gasteiger partial charge in [0.15, 0.2) is 0 Å². The fraction of sp³-hybridized carbons (Fsp3) is 0.533.